The van der Waals surface area contributed by atoms with Gasteiger partial charge in [0.1, 0.15) is 0 Å². The first-order chi connectivity index (χ1) is 11.6. The summed E-state index contributed by atoms with van der Waals surface area (Å²) in [6.07, 6.45) is 2.86. The van der Waals surface area contributed by atoms with Gasteiger partial charge in [-0.25, -0.2) is 0 Å². The molecule has 1 N–H and O–H groups in total. The molecule has 0 saturated carbocycles. The molecule has 0 bridgehead atoms. The molecule has 5 heteroatoms. The zero-order chi connectivity index (χ0) is 16.9. The molecular formula is C19H22N2O3. The van der Waals surface area contributed by atoms with Crippen molar-refractivity contribution in [2.24, 2.45) is 5.92 Å². The molecular weight excluding hydrogens is 304 g/mol. The van der Waals surface area contributed by atoms with Crippen molar-refractivity contribution < 1.29 is 14.0 Å². The summed E-state index contributed by atoms with van der Waals surface area (Å²) in [6, 6.07) is 13.3. The van der Waals surface area contributed by atoms with Crippen molar-refractivity contribution in [2.75, 3.05) is 13.1 Å². The van der Waals surface area contributed by atoms with Crippen LogP contribution >= 0.6 is 0 Å². The number of amides is 2. The maximum absolute atomic E-state index is 12.5. The number of carbonyl (C=O) groups excluding carboxylic acids is 2. The lowest BCUT2D eigenvalue weighted by Gasteiger charge is -2.31. The number of hydrogen-bond donors (Lipinski definition) is 1. The van der Waals surface area contributed by atoms with E-state index in [1.807, 2.05) is 37.3 Å². The smallest absolute Gasteiger partial charge is 0.289 e. The van der Waals surface area contributed by atoms with Gasteiger partial charge in [0, 0.05) is 19.0 Å². The van der Waals surface area contributed by atoms with Gasteiger partial charge < -0.3 is 14.6 Å². The molecule has 0 aliphatic carbocycles. The van der Waals surface area contributed by atoms with Crippen molar-refractivity contribution in [3.8, 4) is 0 Å². The first-order valence-corrected chi connectivity index (χ1v) is 8.33. The molecule has 0 unspecified atom stereocenters. The van der Waals surface area contributed by atoms with Gasteiger partial charge in [-0.2, -0.15) is 0 Å². The third kappa shape index (κ3) is 3.67. The molecule has 24 heavy (non-hydrogen) atoms. The van der Waals surface area contributed by atoms with Crippen LogP contribution in [0, 0.1) is 5.92 Å². The Bertz CT molecular complexity index is 674. The minimum absolute atomic E-state index is 0.0125. The first kappa shape index (κ1) is 16.3. The normalized spacial score (nSPS) is 16.6. The Morgan fingerprint density at radius 2 is 1.83 bits per heavy atom. The number of benzene rings is 1. The number of piperidine rings is 1. The molecule has 5 nitrogen and oxygen atoms in total. The van der Waals surface area contributed by atoms with E-state index in [1.165, 1.54) is 6.26 Å². The van der Waals surface area contributed by atoms with E-state index in [1.54, 1.807) is 17.0 Å². The zero-order valence-electron chi connectivity index (χ0n) is 13.8. The molecule has 126 valence electrons. The van der Waals surface area contributed by atoms with Crippen LogP contribution in [0.15, 0.2) is 53.1 Å². The molecule has 2 heterocycles. The minimum Gasteiger partial charge on any atom is -0.459 e. The van der Waals surface area contributed by atoms with Gasteiger partial charge in [0.2, 0.25) is 5.91 Å². The minimum atomic E-state index is -0.100. The Hall–Kier alpha value is -2.56. The zero-order valence-corrected chi connectivity index (χ0v) is 13.8. The summed E-state index contributed by atoms with van der Waals surface area (Å²) in [4.78, 5) is 26.4. The molecule has 1 fully saturated rings. The van der Waals surface area contributed by atoms with E-state index in [4.69, 9.17) is 4.42 Å². The van der Waals surface area contributed by atoms with Gasteiger partial charge >= 0.3 is 0 Å². The lowest BCUT2D eigenvalue weighted by atomic mass is 9.95. The highest BCUT2D eigenvalue weighted by Crippen LogP contribution is 2.21. The number of nitrogens with zero attached hydrogens (tertiary/aromatic N) is 1. The molecule has 2 amide bonds. The third-order valence-electron chi connectivity index (χ3n) is 4.54. The van der Waals surface area contributed by atoms with Crippen LogP contribution in [0.3, 0.4) is 0 Å². The van der Waals surface area contributed by atoms with E-state index in [0.29, 0.717) is 31.7 Å². The predicted molar refractivity (Wildman–Crippen MR) is 90.3 cm³/mol. The second-order valence-electron chi connectivity index (χ2n) is 6.18. The highest BCUT2D eigenvalue weighted by atomic mass is 16.3. The van der Waals surface area contributed by atoms with Gasteiger partial charge in [-0.15, -0.1) is 0 Å². The lowest BCUT2D eigenvalue weighted by Crippen LogP contribution is -2.43. The number of furan rings is 1. The van der Waals surface area contributed by atoms with Crippen LogP contribution in [0.1, 0.15) is 41.9 Å². The molecule has 1 atom stereocenters. The summed E-state index contributed by atoms with van der Waals surface area (Å²) in [5.74, 6) is 0.278. The first-order valence-electron chi connectivity index (χ1n) is 8.33. The van der Waals surface area contributed by atoms with Crippen molar-refractivity contribution in [3.05, 3.63) is 60.1 Å². The number of likely N-dealkylation sites (tertiary alicyclic amines) is 1. The van der Waals surface area contributed by atoms with E-state index < -0.39 is 0 Å². The lowest BCUT2D eigenvalue weighted by molar-refractivity contribution is -0.127. The molecule has 1 aromatic carbocycles. The van der Waals surface area contributed by atoms with Crippen LogP contribution in [0.25, 0.3) is 0 Å². The number of nitrogens with one attached hydrogen (secondary N) is 1. The van der Waals surface area contributed by atoms with Gasteiger partial charge in [-0.1, -0.05) is 30.3 Å². The third-order valence-corrected chi connectivity index (χ3v) is 4.54. The summed E-state index contributed by atoms with van der Waals surface area (Å²) in [6.45, 7) is 3.15. The van der Waals surface area contributed by atoms with Crippen LogP contribution in [0.5, 0.6) is 0 Å². The van der Waals surface area contributed by atoms with Crippen LogP contribution in [0.2, 0.25) is 0 Å². The van der Waals surface area contributed by atoms with Gasteiger partial charge in [-0.05, 0) is 37.5 Å². The Morgan fingerprint density at radius 1 is 1.12 bits per heavy atom. The summed E-state index contributed by atoms with van der Waals surface area (Å²) < 4.78 is 5.15. The fraction of sp³-hybridized carbons (Fsp3) is 0.368. The Labute approximate surface area is 141 Å². The molecule has 1 aliphatic heterocycles. The average Bonchev–Trinajstić information content (AvgIpc) is 3.16. The van der Waals surface area contributed by atoms with E-state index in [2.05, 4.69) is 5.32 Å². The highest BCUT2D eigenvalue weighted by molar-refractivity contribution is 5.91. The Morgan fingerprint density at radius 3 is 2.46 bits per heavy atom. The molecule has 2 aromatic rings. The Balaban J connectivity index is 1.51. The van der Waals surface area contributed by atoms with E-state index in [-0.39, 0.29) is 23.8 Å². The van der Waals surface area contributed by atoms with E-state index in [0.717, 1.165) is 5.56 Å². The van der Waals surface area contributed by atoms with Gasteiger partial charge in [0.15, 0.2) is 5.76 Å². The molecule has 0 spiro atoms. The quantitative estimate of drug-likeness (QED) is 0.939. The number of hydrogen-bond acceptors (Lipinski definition) is 3. The largest absolute Gasteiger partial charge is 0.459 e. The van der Waals surface area contributed by atoms with Crippen LogP contribution in [-0.2, 0) is 4.79 Å². The molecule has 1 aromatic heterocycles. The molecule has 3 rings (SSSR count). The number of rotatable bonds is 4. The maximum atomic E-state index is 12.5. The molecule has 1 saturated heterocycles. The van der Waals surface area contributed by atoms with Crippen LogP contribution in [-0.4, -0.2) is 29.8 Å². The average molecular weight is 326 g/mol. The van der Waals surface area contributed by atoms with E-state index >= 15 is 0 Å². The van der Waals surface area contributed by atoms with Crippen molar-refractivity contribution in [1.82, 2.24) is 10.2 Å². The van der Waals surface area contributed by atoms with Gasteiger partial charge in [0.05, 0.1) is 12.3 Å². The van der Waals surface area contributed by atoms with Crippen molar-refractivity contribution in [2.45, 2.75) is 25.8 Å². The summed E-state index contributed by atoms with van der Waals surface area (Å²) >= 11 is 0. The van der Waals surface area contributed by atoms with Crippen LogP contribution in [0.4, 0.5) is 0 Å². The topological polar surface area (TPSA) is 62.6 Å². The summed E-state index contributed by atoms with van der Waals surface area (Å²) in [5.41, 5.74) is 1.09. The van der Waals surface area contributed by atoms with Crippen molar-refractivity contribution in [3.63, 3.8) is 0 Å². The SMILES string of the molecule is C[C@@H](NC(=O)C1CCN(C(=O)c2ccco2)CC1)c1ccccc1. The summed E-state index contributed by atoms with van der Waals surface area (Å²) in [5, 5.41) is 3.08. The summed E-state index contributed by atoms with van der Waals surface area (Å²) in [7, 11) is 0. The molecule has 1 aliphatic rings. The maximum Gasteiger partial charge on any atom is 0.289 e. The monoisotopic (exact) mass is 326 g/mol. The fourth-order valence-corrected chi connectivity index (χ4v) is 3.06. The second kappa shape index (κ2) is 7.34. The highest BCUT2D eigenvalue weighted by Gasteiger charge is 2.29. The number of carbonyl (C=O) groups is 2. The van der Waals surface area contributed by atoms with Crippen molar-refractivity contribution in [1.29, 1.82) is 0 Å². The predicted octanol–water partition coefficient (Wildman–Crippen LogP) is 3.01. The second-order valence-corrected chi connectivity index (χ2v) is 6.18. The van der Waals surface area contributed by atoms with E-state index in [9.17, 15) is 9.59 Å². The van der Waals surface area contributed by atoms with Crippen LogP contribution < -0.4 is 5.32 Å². The fourth-order valence-electron chi connectivity index (χ4n) is 3.06. The standard InChI is InChI=1S/C19H22N2O3/c1-14(15-6-3-2-4-7-15)20-18(22)16-9-11-21(12-10-16)19(23)17-8-5-13-24-17/h2-8,13-14,16H,9-12H2,1H3,(H,20,22)/t14-/m1/s1. The van der Waals surface area contributed by atoms with Gasteiger partial charge in [0.25, 0.3) is 5.91 Å². The van der Waals surface area contributed by atoms with Gasteiger partial charge in [-0.3, -0.25) is 9.59 Å². The Kier molecular flexibility index (Phi) is 4.99. The van der Waals surface area contributed by atoms with Crippen molar-refractivity contribution >= 4 is 11.8 Å². The molecule has 0 radical (unpaired) electrons.